The lowest BCUT2D eigenvalue weighted by atomic mass is 9.99. The average Bonchev–Trinajstić information content (AvgIpc) is 1.97. The Balaban J connectivity index is 4.39. The normalized spacial score (nSPS) is 11.3. The van der Waals surface area contributed by atoms with Gasteiger partial charge in [0.15, 0.2) is 5.78 Å². The van der Waals surface area contributed by atoms with Crippen LogP contribution in [-0.4, -0.2) is 27.9 Å². The molecule has 0 fully saturated rings. The van der Waals surface area contributed by atoms with Crippen LogP contribution < -0.4 is 0 Å². The molecule has 0 aliphatic carbocycles. The minimum Gasteiger partial charge on any atom is -0.481 e. The van der Waals surface area contributed by atoms with E-state index in [0.717, 1.165) is 0 Å². The van der Waals surface area contributed by atoms with E-state index in [2.05, 4.69) is 0 Å². The Morgan fingerprint density at radius 3 is 2.15 bits per heavy atom. The molecule has 0 amide bonds. The highest BCUT2D eigenvalue weighted by molar-refractivity contribution is 6.05. The van der Waals surface area contributed by atoms with Gasteiger partial charge in [0.2, 0.25) is 0 Å². The van der Waals surface area contributed by atoms with Crippen molar-refractivity contribution < 1.29 is 24.6 Å². The van der Waals surface area contributed by atoms with Crippen molar-refractivity contribution >= 4 is 17.7 Å². The second-order valence-corrected chi connectivity index (χ2v) is 2.34. The first-order valence-corrected chi connectivity index (χ1v) is 3.39. The van der Waals surface area contributed by atoms with Gasteiger partial charge in [-0.25, -0.2) is 0 Å². The van der Waals surface area contributed by atoms with Gasteiger partial charge >= 0.3 is 11.9 Å². The van der Waals surface area contributed by atoms with Crippen LogP contribution in [0.25, 0.3) is 0 Å². The van der Waals surface area contributed by atoms with E-state index in [1.165, 1.54) is 0 Å². The zero-order valence-electron chi connectivity index (χ0n) is 6.69. The van der Waals surface area contributed by atoms with Crippen LogP contribution in [0.4, 0.5) is 0 Å². The van der Waals surface area contributed by atoms with Crippen LogP contribution in [0.2, 0.25) is 0 Å². The molecule has 2 N–H and O–H groups in total. The number of hydrogen-bond acceptors (Lipinski definition) is 3. The summed E-state index contributed by atoms with van der Waals surface area (Å²) in [6.45, 7) is 0. The first kappa shape index (κ1) is 11.2. The van der Waals surface area contributed by atoms with Gasteiger partial charge in [-0.05, 0) is 0 Å². The number of Topliss-reactive ketones (excluding diaryl/α,β-unsaturated/α-hetero) is 1. The van der Waals surface area contributed by atoms with Crippen molar-refractivity contribution in [2.24, 2.45) is 5.92 Å². The molecule has 0 bridgehead atoms. The lowest BCUT2D eigenvalue weighted by molar-refractivity contribution is -0.148. The lowest BCUT2D eigenvalue weighted by Crippen LogP contribution is -2.25. The predicted molar refractivity (Wildman–Crippen MR) is 41.8 cm³/mol. The largest absolute Gasteiger partial charge is 0.481 e. The Hall–Kier alpha value is -1.83. The summed E-state index contributed by atoms with van der Waals surface area (Å²) in [5.74, 6) is -3.01. The maximum absolute atomic E-state index is 10.9. The number of hydrogen-bond donors (Lipinski definition) is 2. The number of carboxylic acid groups (broad SMARTS) is 2. The smallest absolute Gasteiger partial charge is 0.315 e. The summed E-state index contributed by atoms with van der Waals surface area (Å²) in [4.78, 5) is 31.4. The predicted octanol–water partition coefficient (Wildman–Crippen LogP) is -0.246. The Labute approximate surface area is 74.4 Å². The van der Waals surface area contributed by atoms with Crippen LogP contribution in [0, 0.1) is 18.3 Å². The van der Waals surface area contributed by atoms with Crippen molar-refractivity contribution in [3.8, 4) is 12.3 Å². The monoisotopic (exact) mass is 184 g/mol. The van der Waals surface area contributed by atoms with Crippen molar-refractivity contribution in [3.63, 3.8) is 0 Å². The van der Waals surface area contributed by atoms with Gasteiger partial charge in [-0.15, -0.1) is 12.3 Å². The molecule has 0 aromatic heterocycles. The highest BCUT2D eigenvalue weighted by atomic mass is 16.4. The molecule has 0 aromatic carbocycles. The van der Waals surface area contributed by atoms with Crippen LogP contribution in [0.1, 0.15) is 12.8 Å². The fraction of sp³-hybridized carbons (Fsp3) is 0.375. The standard InChI is InChI=1S/C8H8O5/c1-2-3-5(8(12)13)6(9)4-7(10)11/h1,5H,3-4H2,(H,10,11)(H,12,13). The van der Waals surface area contributed by atoms with E-state index >= 15 is 0 Å². The van der Waals surface area contributed by atoms with Gasteiger partial charge in [-0.1, -0.05) is 0 Å². The van der Waals surface area contributed by atoms with Crippen LogP contribution >= 0.6 is 0 Å². The van der Waals surface area contributed by atoms with Gasteiger partial charge < -0.3 is 10.2 Å². The van der Waals surface area contributed by atoms with E-state index in [0.29, 0.717) is 0 Å². The molecular formula is C8H8O5. The van der Waals surface area contributed by atoms with Gasteiger partial charge in [-0.3, -0.25) is 14.4 Å². The summed E-state index contributed by atoms with van der Waals surface area (Å²) in [7, 11) is 0. The molecule has 0 rings (SSSR count). The maximum atomic E-state index is 10.9. The molecule has 1 unspecified atom stereocenters. The van der Waals surface area contributed by atoms with Gasteiger partial charge in [-0.2, -0.15) is 0 Å². The highest BCUT2D eigenvalue weighted by Crippen LogP contribution is 2.06. The molecule has 0 aliphatic rings. The Bertz CT molecular complexity index is 273. The summed E-state index contributed by atoms with van der Waals surface area (Å²) in [6, 6.07) is 0. The van der Waals surface area contributed by atoms with Crippen molar-refractivity contribution in [2.45, 2.75) is 12.8 Å². The average molecular weight is 184 g/mol. The first-order chi connectivity index (χ1) is 5.99. The Kier molecular flexibility index (Phi) is 4.24. The summed E-state index contributed by atoms with van der Waals surface area (Å²) >= 11 is 0. The molecule has 0 heterocycles. The first-order valence-electron chi connectivity index (χ1n) is 3.39. The minimum absolute atomic E-state index is 0.276. The topological polar surface area (TPSA) is 91.7 Å². The van der Waals surface area contributed by atoms with Crippen molar-refractivity contribution in [3.05, 3.63) is 0 Å². The third kappa shape index (κ3) is 3.91. The molecule has 13 heavy (non-hydrogen) atoms. The number of aliphatic carboxylic acids is 2. The van der Waals surface area contributed by atoms with Gasteiger partial charge in [0, 0.05) is 6.42 Å². The van der Waals surface area contributed by atoms with E-state index < -0.39 is 30.1 Å². The fourth-order valence-corrected chi connectivity index (χ4v) is 0.729. The molecule has 5 nitrogen and oxygen atoms in total. The number of ketones is 1. The van der Waals surface area contributed by atoms with Crippen molar-refractivity contribution in [1.29, 1.82) is 0 Å². The third-order valence-electron chi connectivity index (χ3n) is 1.33. The summed E-state index contributed by atoms with van der Waals surface area (Å²) < 4.78 is 0. The minimum atomic E-state index is -1.40. The van der Waals surface area contributed by atoms with Gasteiger partial charge in [0.25, 0.3) is 0 Å². The highest BCUT2D eigenvalue weighted by Gasteiger charge is 2.26. The molecule has 0 spiro atoms. The molecule has 0 radical (unpaired) electrons. The Morgan fingerprint density at radius 2 is 1.85 bits per heavy atom. The SMILES string of the molecule is C#CCC(C(=O)O)C(=O)CC(=O)O. The second-order valence-electron chi connectivity index (χ2n) is 2.34. The van der Waals surface area contributed by atoms with Crippen LogP contribution in [0.15, 0.2) is 0 Å². The zero-order chi connectivity index (χ0) is 10.4. The van der Waals surface area contributed by atoms with E-state index in [1.54, 1.807) is 0 Å². The molecule has 0 saturated heterocycles. The molecule has 1 atom stereocenters. The molecule has 0 aliphatic heterocycles. The number of terminal acetylenes is 1. The molecule has 5 heteroatoms. The van der Waals surface area contributed by atoms with Gasteiger partial charge in [0.1, 0.15) is 12.3 Å². The van der Waals surface area contributed by atoms with E-state index in [4.69, 9.17) is 16.6 Å². The summed E-state index contributed by atoms with van der Waals surface area (Å²) in [5, 5.41) is 16.7. The third-order valence-corrected chi connectivity index (χ3v) is 1.33. The fourth-order valence-electron chi connectivity index (χ4n) is 0.729. The summed E-state index contributed by atoms with van der Waals surface area (Å²) in [6.07, 6.45) is 3.74. The van der Waals surface area contributed by atoms with E-state index in [9.17, 15) is 14.4 Å². The quantitative estimate of drug-likeness (QED) is 0.454. The van der Waals surface area contributed by atoms with Crippen molar-refractivity contribution in [2.75, 3.05) is 0 Å². The molecule has 70 valence electrons. The van der Waals surface area contributed by atoms with Crippen LogP contribution in [0.3, 0.4) is 0 Å². The van der Waals surface area contributed by atoms with E-state index in [1.807, 2.05) is 5.92 Å². The maximum Gasteiger partial charge on any atom is 0.315 e. The van der Waals surface area contributed by atoms with Crippen molar-refractivity contribution in [1.82, 2.24) is 0 Å². The van der Waals surface area contributed by atoms with E-state index in [-0.39, 0.29) is 6.42 Å². The van der Waals surface area contributed by atoms with Crippen LogP contribution in [-0.2, 0) is 14.4 Å². The van der Waals surface area contributed by atoms with Crippen LogP contribution in [0.5, 0.6) is 0 Å². The second kappa shape index (κ2) is 4.93. The zero-order valence-corrected chi connectivity index (χ0v) is 6.69. The number of carbonyl (C=O) groups is 3. The Morgan fingerprint density at radius 1 is 1.31 bits per heavy atom. The van der Waals surface area contributed by atoms with Gasteiger partial charge in [0.05, 0.1) is 0 Å². The number of rotatable bonds is 5. The molecular weight excluding hydrogens is 176 g/mol. The number of carboxylic acids is 2. The molecule has 0 aromatic rings. The summed E-state index contributed by atoms with van der Waals surface area (Å²) in [5.41, 5.74) is 0. The number of carbonyl (C=O) groups excluding carboxylic acids is 1. The lowest BCUT2D eigenvalue weighted by Gasteiger charge is -2.04. The molecule has 0 saturated carbocycles.